The van der Waals surface area contributed by atoms with Gasteiger partial charge in [0, 0.05) is 22.9 Å². The first-order valence-electron chi connectivity index (χ1n) is 5.02. The second-order valence-corrected chi connectivity index (χ2v) is 4.89. The van der Waals surface area contributed by atoms with Gasteiger partial charge in [-0.1, -0.05) is 19.6 Å². The van der Waals surface area contributed by atoms with Crippen molar-refractivity contribution in [1.82, 2.24) is 4.90 Å². The molecule has 0 N–H and O–H groups in total. The predicted octanol–water partition coefficient (Wildman–Crippen LogP) is 3.54. The Morgan fingerprint density at radius 2 is 2.00 bits per heavy atom. The third kappa shape index (κ3) is 1.79. The zero-order chi connectivity index (χ0) is 10.2. The fraction of sp³-hybridized carbons (Fsp3) is 0.667. The van der Waals surface area contributed by atoms with Gasteiger partial charge in [-0.15, -0.1) is 0 Å². The molecular weight excluding hydrogens is 158 g/mol. The zero-order valence-electron chi connectivity index (χ0n) is 9.52. The Hall–Kier alpha value is -0.720. The van der Waals surface area contributed by atoms with E-state index in [-0.39, 0.29) is 5.54 Å². The highest BCUT2D eigenvalue weighted by molar-refractivity contribution is 5.24. The lowest BCUT2D eigenvalue weighted by atomic mass is 10.0. The van der Waals surface area contributed by atoms with Gasteiger partial charge in [-0.2, -0.15) is 0 Å². The van der Waals surface area contributed by atoms with Gasteiger partial charge in [0.05, 0.1) is 0 Å². The number of rotatable bonds is 0. The average molecular weight is 179 g/mol. The van der Waals surface area contributed by atoms with E-state index < -0.39 is 0 Å². The molecule has 0 aromatic rings. The fourth-order valence-electron chi connectivity index (χ4n) is 2.23. The van der Waals surface area contributed by atoms with E-state index in [1.54, 1.807) is 0 Å². The topological polar surface area (TPSA) is 3.24 Å². The maximum absolute atomic E-state index is 4.14. The highest BCUT2D eigenvalue weighted by Crippen LogP contribution is 2.39. The van der Waals surface area contributed by atoms with Gasteiger partial charge in [0.15, 0.2) is 0 Å². The normalized spacial score (nSPS) is 27.5. The molecule has 1 atom stereocenters. The molecule has 0 bridgehead atoms. The Morgan fingerprint density at radius 1 is 1.46 bits per heavy atom. The van der Waals surface area contributed by atoms with Crippen molar-refractivity contribution >= 4 is 0 Å². The van der Waals surface area contributed by atoms with Crippen molar-refractivity contribution in [3.8, 4) is 0 Å². The smallest absolute Gasteiger partial charge is 0.0360 e. The van der Waals surface area contributed by atoms with Crippen LogP contribution in [0.25, 0.3) is 0 Å². The zero-order valence-corrected chi connectivity index (χ0v) is 9.52. The van der Waals surface area contributed by atoms with Crippen LogP contribution in [-0.2, 0) is 0 Å². The largest absolute Gasteiger partial charge is 0.344 e. The van der Waals surface area contributed by atoms with Crippen molar-refractivity contribution in [2.24, 2.45) is 5.92 Å². The molecule has 13 heavy (non-hydrogen) atoms. The highest BCUT2D eigenvalue weighted by Gasteiger charge is 2.34. The summed E-state index contributed by atoms with van der Waals surface area (Å²) in [5.41, 5.74) is 2.86. The summed E-state index contributed by atoms with van der Waals surface area (Å²) in [6, 6.07) is 0. The number of hydrogen-bond donors (Lipinski definition) is 0. The average Bonchev–Trinajstić information content (AvgIpc) is 2.23. The monoisotopic (exact) mass is 179 g/mol. The molecule has 1 rings (SSSR count). The quantitative estimate of drug-likeness (QED) is 0.549. The molecule has 0 radical (unpaired) electrons. The lowest BCUT2D eigenvalue weighted by Crippen LogP contribution is -2.36. The molecule has 0 aromatic heterocycles. The van der Waals surface area contributed by atoms with Gasteiger partial charge in [-0.3, -0.25) is 0 Å². The molecule has 1 aliphatic rings. The summed E-state index contributed by atoms with van der Waals surface area (Å²) in [7, 11) is 0. The van der Waals surface area contributed by atoms with Crippen LogP contribution in [0.4, 0.5) is 0 Å². The van der Waals surface area contributed by atoms with Gasteiger partial charge in [0.1, 0.15) is 0 Å². The van der Waals surface area contributed by atoms with Gasteiger partial charge in [-0.25, -0.2) is 0 Å². The Labute approximate surface area is 82.1 Å². The minimum Gasteiger partial charge on any atom is -0.344 e. The van der Waals surface area contributed by atoms with Crippen molar-refractivity contribution in [1.29, 1.82) is 0 Å². The van der Waals surface area contributed by atoms with Crippen LogP contribution in [0.15, 0.2) is 24.0 Å². The first kappa shape index (κ1) is 10.4. The van der Waals surface area contributed by atoms with Crippen molar-refractivity contribution < 1.29 is 0 Å². The van der Waals surface area contributed by atoms with Crippen LogP contribution >= 0.6 is 0 Å². The Balaban J connectivity index is 3.02. The standard InChI is InChI=1S/C12H21N/c1-7-11-9(2)8-10(3)13(11)12(4,5)6/h7,9H,3,8H2,1-2,4-6H3/b11-7-. The van der Waals surface area contributed by atoms with E-state index in [1.165, 1.54) is 11.4 Å². The number of allylic oxidation sites excluding steroid dienone is 3. The minimum absolute atomic E-state index is 0.170. The maximum atomic E-state index is 4.14. The van der Waals surface area contributed by atoms with Crippen molar-refractivity contribution in [3.05, 3.63) is 24.0 Å². The molecule has 0 aromatic carbocycles. The fourth-order valence-corrected chi connectivity index (χ4v) is 2.23. The van der Waals surface area contributed by atoms with Gasteiger partial charge in [-0.05, 0) is 34.1 Å². The molecule has 0 aliphatic carbocycles. The summed E-state index contributed by atoms with van der Waals surface area (Å²) in [5.74, 6) is 0.636. The maximum Gasteiger partial charge on any atom is 0.0360 e. The summed E-state index contributed by atoms with van der Waals surface area (Å²) in [6.07, 6.45) is 3.32. The van der Waals surface area contributed by atoms with E-state index in [9.17, 15) is 0 Å². The van der Waals surface area contributed by atoms with Crippen molar-refractivity contribution in [2.75, 3.05) is 0 Å². The van der Waals surface area contributed by atoms with E-state index in [2.05, 4.69) is 52.2 Å². The number of likely N-dealkylation sites (tertiary alicyclic amines) is 1. The SMILES string of the molecule is C=C1CC(C)/C(=C/C)N1C(C)(C)C. The van der Waals surface area contributed by atoms with E-state index >= 15 is 0 Å². The van der Waals surface area contributed by atoms with Gasteiger partial charge >= 0.3 is 0 Å². The molecule has 1 aliphatic heterocycles. The lowest BCUT2D eigenvalue weighted by molar-refractivity contribution is 0.248. The second kappa shape index (κ2) is 3.21. The Morgan fingerprint density at radius 3 is 2.31 bits per heavy atom. The first-order valence-corrected chi connectivity index (χ1v) is 5.02. The molecule has 1 heterocycles. The molecular formula is C12H21N. The molecule has 1 fully saturated rings. The molecule has 0 saturated carbocycles. The molecule has 1 nitrogen and oxygen atoms in total. The molecule has 74 valence electrons. The third-order valence-corrected chi connectivity index (χ3v) is 2.59. The highest BCUT2D eigenvalue weighted by atomic mass is 15.2. The van der Waals surface area contributed by atoms with Gasteiger partial charge < -0.3 is 4.90 Å². The van der Waals surface area contributed by atoms with Crippen LogP contribution in [0.1, 0.15) is 41.0 Å². The van der Waals surface area contributed by atoms with Crippen molar-refractivity contribution in [2.45, 2.75) is 46.6 Å². The van der Waals surface area contributed by atoms with E-state index in [0.29, 0.717) is 5.92 Å². The lowest BCUT2D eigenvalue weighted by Gasteiger charge is -2.36. The molecule has 0 amide bonds. The second-order valence-electron chi connectivity index (χ2n) is 4.89. The van der Waals surface area contributed by atoms with Crippen LogP contribution in [0, 0.1) is 5.92 Å². The third-order valence-electron chi connectivity index (χ3n) is 2.59. The van der Waals surface area contributed by atoms with Crippen molar-refractivity contribution in [3.63, 3.8) is 0 Å². The summed E-state index contributed by atoms with van der Waals surface area (Å²) < 4.78 is 0. The van der Waals surface area contributed by atoms with Crippen LogP contribution < -0.4 is 0 Å². The molecule has 0 spiro atoms. The van der Waals surface area contributed by atoms with Crippen LogP contribution in [-0.4, -0.2) is 10.4 Å². The minimum atomic E-state index is 0.170. The van der Waals surface area contributed by atoms with Crippen LogP contribution in [0.3, 0.4) is 0 Å². The van der Waals surface area contributed by atoms with Crippen LogP contribution in [0.2, 0.25) is 0 Å². The molecule has 1 heteroatoms. The van der Waals surface area contributed by atoms with Gasteiger partial charge in [0.2, 0.25) is 0 Å². The van der Waals surface area contributed by atoms with E-state index in [1.807, 2.05) is 0 Å². The van der Waals surface area contributed by atoms with E-state index in [0.717, 1.165) is 6.42 Å². The molecule has 1 saturated heterocycles. The van der Waals surface area contributed by atoms with E-state index in [4.69, 9.17) is 0 Å². The Bertz CT molecular complexity index is 242. The summed E-state index contributed by atoms with van der Waals surface area (Å²) in [4.78, 5) is 2.37. The predicted molar refractivity (Wildman–Crippen MR) is 58.3 cm³/mol. The van der Waals surface area contributed by atoms with Crippen LogP contribution in [0.5, 0.6) is 0 Å². The number of hydrogen-bond acceptors (Lipinski definition) is 1. The Kier molecular flexibility index (Phi) is 2.56. The first-order chi connectivity index (χ1) is 5.88. The summed E-state index contributed by atoms with van der Waals surface area (Å²) >= 11 is 0. The number of nitrogens with zero attached hydrogens (tertiary/aromatic N) is 1. The summed E-state index contributed by atoms with van der Waals surface area (Å²) in [6.45, 7) is 15.2. The summed E-state index contributed by atoms with van der Waals surface area (Å²) in [5, 5.41) is 0. The van der Waals surface area contributed by atoms with Gasteiger partial charge in [0.25, 0.3) is 0 Å². The molecule has 1 unspecified atom stereocenters.